The highest BCUT2D eigenvalue weighted by Gasteiger charge is 2.13. The fraction of sp³-hybridized carbons (Fsp3) is 0. The minimum Gasteiger partial charge on any atom is -0.396 e. The molecule has 170 valence electrons. The lowest BCUT2D eigenvalue weighted by Gasteiger charge is -2.12. The molecule has 0 radical (unpaired) electrons. The van der Waals surface area contributed by atoms with Crippen molar-refractivity contribution in [1.29, 1.82) is 0 Å². The number of para-hydroxylation sites is 2. The van der Waals surface area contributed by atoms with Crippen molar-refractivity contribution in [2.24, 2.45) is 10.2 Å². The number of fused-ring (bicyclic) bond motifs is 6. The van der Waals surface area contributed by atoms with E-state index >= 15 is 0 Å². The van der Waals surface area contributed by atoms with E-state index < -0.39 is 0 Å². The summed E-state index contributed by atoms with van der Waals surface area (Å²) in [5.41, 5.74) is 12.3. The first-order chi connectivity index (χ1) is 17.8. The highest BCUT2D eigenvalue weighted by molar-refractivity contribution is 6.16. The van der Waals surface area contributed by atoms with E-state index in [9.17, 15) is 0 Å². The number of nitrogen functional groups attached to an aromatic ring is 1. The number of hydrogen-bond donors (Lipinski definition) is 1. The van der Waals surface area contributed by atoms with Crippen LogP contribution in [-0.2, 0) is 0 Å². The molecule has 6 aromatic carbocycles. The Kier molecular flexibility index (Phi) is 4.57. The summed E-state index contributed by atoms with van der Waals surface area (Å²) in [7, 11) is 0. The summed E-state index contributed by atoms with van der Waals surface area (Å²) < 4.78 is 2.34. The summed E-state index contributed by atoms with van der Waals surface area (Å²) in [6.07, 6.45) is 0. The van der Waals surface area contributed by atoms with Crippen LogP contribution in [0, 0.1) is 0 Å². The van der Waals surface area contributed by atoms with E-state index in [1.165, 1.54) is 21.8 Å². The fourth-order valence-electron chi connectivity index (χ4n) is 5.19. The van der Waals surface area contributed by atoms with E-state index in [1.54, 1.807) is 0 Å². The van der Waals surface area contributed by atoms with Crippen LogP contribution in [0.3, 0.4) is 0 Å². The van der Waals surface area contributed by atoms with E-state index in [2.05, 4.69) is 99.7 Å². The Bertz CT molecular complexity index is 1900. The molecule has 0 spiro atoms. The molecule has 0 saturated heterocycles. The summed E-state index contributed by atoms with van der Waals surface area (Å²) in [4.78, 5) is 0. The summed E-state index contributed by atoms with van der Waals surface area (Å²) in [5.74, 6) is 0. The van der Waals surface area contributed by atoms with Gasteiger partial charge >= 0.3 is 0 Å². The zero-order valence-corrected chi connectivity index (χ0v) is 19.5. The molecule has 36 heavy (non-hydrogen) atoms. The SMILES string of the molecule is Nc1c(N=Nc2ccccc2)ccc2ccc3cc(-n4c5ccccc5c5ccccc54)ccc3c12. The molecule has 0 aliphatic heterocycles. The molecule has 0 saturated carbocycles. The third kappa shape index (κ3) is 3.16. The van der Waals surface area contributed by atoms with Crippen molar-refractivity contribution in [2.45, 2.75) is 0 Å². The summed E-state index contributed by atoms with van der Waals surface area (Å²) in [6.45, 7) is 0. The van der Waals surface area contributed by atoms with E-state index in [1.807, 2.05) is 36.4 Å². The van der Waals surface area contributed by atoms with Gasteiger partial charge in [0, 0.05) is 21.8 Å². The van der Waals surface area contributed by atoms with E-state index in [0.29, 0.717) is 11.4 Å². The topological polar surface area (TPSA) is 55.7 Å². The number of anilines is 1. The number of hydrogen-bond acceptors (Lipinski definition) is 3. The number of azo groups is 1. The van der Waals surface area contributed by atoms with Gasteiger partial charge in [0.2, 0.25) is 0 Å². The molecule has 1 heterocycles. The maximum Gasteiger partial charge on any atom is 0.109 e. The van der Waals surface area contributed by atoms with Crippen molar-refractivity contribution in [3.8, 4) is 5.69 Å². The van der Waals surface area contributed by atoms with Crippen molar-refractivity contribution in [3.63, 3.8) is 0 Å². The number of rotatable bonds is 3. The Labute approximate surface area is 207 Å². The van der Waals surface area contributed by atoms with Gasteiger partial charge in [-0.1, -0.05) is 78.9 Å². The van der Waals surface area contributed by atoms with Crippen molar-refractivity contribution >= 4 is 60.4 Å². The fourth-order valence-corrected chi connectivity index (χ4v) is 5.19. The standard InChI is InChI=1S/C32H22N4/c33-32-28(35-34-23-8-2-1-3-9-23)19-16-21-14-15-22-20-24(17-18-25(22)31(21)32)36-29-12-6-4-10-26(29)27-11-5-7-13-30(27)36/h1-20H,33H2. The Hall–Kier alpha value is -4.96. The molecule has 0 unspecified atom stereocenters. The van der Waals surface area contributed by atoms with Gasteiger partial charge in [0.25, 0.3) is 0 Å². The molecule has 0 bridgehead atoms. The first-order valence-electron chi connectivity index (χ1n) is 12.0. The normalized spacial score (nSPS) is 11.9. The van der Waals surface area contributed by atoms with Gasteiger partial charge < -0.3 is 10.3 Å². The molecule has 1 aromatic heterocycles. The van der Waals surface area contributed by atoms with Gasteiger partial charge in [0.15, 0.2) is 0 Å². The van der Waals surface area contributed by atoms with Crippen LogP contribution in [0.2, 0.25) is 0 Å². The van der Waals surface area contributed by atoms with Gasteiger partial charge in [-0.3, -0.25) is 0 Å². The minimum absolute atomic E-state index is 0.641. The lowest BCUT2D eigenvalue weighted by Crippen LogP contribution is -1.94. The van der Waals surface area contributed by atoms with Gasteiger partial charge in [-0.25, -0.2) is 0 Å². The van der Waals surface area contributed by atoms with Crippen LogP contribution < -0.4 is 5.73 Å². The van der Waals surface area contributed by atoms with E-state index in [4.69, 9.17) is 5.73 Å². The quantitative estimate of drug-likeness (QED) is 0.159. The average Bonchev–Trinajstić information content (AvgIpc) is 3.27. The maximum absolute atomic E-state index is 6.67. The third-order valence-electron chi connectivity index (χ3n) is 6.87. The Morgan fingerprint density at radius 3 is 1.92 bits per heavy atom. The smallest absolute Gasteiger partial charge is 0.109 e. The van der Waals surface area contributed by atoms with Crippen LogP contribution in [0.5, 0.6) is 0 Å². The van der Waals surface area contributed by atoms with Crippen LogP contribution in [0.4, 0.5) is 17.1 Å². The molecule has 0 aliphatic rings. The zero-order valence-electron chi connectivity index (χ0n) is 19.5. The predicted octanol–water partition coefficient (Wildman–Crippen LogP) is 9.09. The second-order valence-electron chi connectivity index (χ2n) is 8.97. The van der Waals surface area contributed by atoms with E-state index in [-0.39, 0.29) is 0 Å². The number of benzene rings is 6. The number of nitrogens with zero attached hydrogens (tertiary/aromatic N) is 3. The molecule has 0 atom stereocenters. The van der Waals surface area contributed by atoms with Crippen LogP contribution in [-0.4, -0.2) is 4.57 Å². The molecule has 4 nitrogen and oxygen atoms in total. The lowest BCUT2D eigenvalue weighted by atomic mass is 9.99. The van der Waals surface area contributed by atoms with E-state index in [0.717, 1.165) is 32.9 Å². The molecular formula is C32H22N4. The molecule has 2 N–H and O–H groups in total. The molecule has 7 aromatic rings. The largest absolute Gasteiger partial charge is 0.396 e. The van der Waals surface area contributed by atoms with Crippen molar-refractivity contribution in [2.75, 3.05) is 5.73 Å². The third-order valence-corrected chi connectivity index (χ3v) is 6.87. The average molecular weight is 463 g/mol. The predicted molar refractivity (Wildman–Crippen MR) is 151 cm³/mol. The Morgan fingerprint density at radius 2 is 1.17 bits per heavy atom. The molecule has 0 aliphatic carbocycles. The van der Waals surface area contributed by atoms with Gasteiger partial charge in [-0.05, 0) is 58.6 Å². The molecular weight excluding hydrogens is 440 g/mol. The monoisotopic (exact) mass is 462 g/mol. The van der Waals surface area contributed by atoms with Crippen molar-refractivity contribution in [3.05, 3.63) is 121 Å². The summed E-state index contributed by atoms with van der Waals surface area (Å²) in [5, 5.41) is 15.7. The maximum atomic E-state index is 6.67. The Balaban J connectivity index is 1.42. The lowest BCUT2D eigenvalue weighted by molar-refractivity contribution is 1.19. The van der Waals surface area contributed by atoms with Crippen molar-refractivity contribution < 1.29 is 0 Å². The second-order valence-corrected chi connectivity index (χ2v) is 8.97. The first-order valence-corrected chi connectivity index (χ1v) is 12.0. The number of nitrogens with two attached hydrogens (primary N) is 1. The highest BCUT2D eigenvalue weighted by atomic mass is 15.1. The van der Waals surface area contributed by atoms with Gasteiger partial charge in [0.1, 0.15) is 5.69 Å². The second kappa shape index (κ2) is 8.07. The van der Waals surface area contributed by atoms with Crippen LogP contribution in [0.25, 0.3) is 49.0 Å². The molecule has 0 amide bonds. The van der Waals surface area contributed by atoms with Crippen LogP contribution in [0.1, 0.15) is 0 Å². The number of aromatic nitrogens is 1. The van der Waals surface area contributed by atoms with Crippen molar-refractivity contribution in [1.82, 2.24) is 4.57 Å². The minimum atomic E-state index is 0.641. The van der Waals surface area contributed by atoms with Crippen LogP contribution >= 0.6 is 0 Å². The molecule has 0 fully saturated rings. The van der Waals surface area contributed by atoms with Gasteiger partial charge in [0.05, 0.1) is 22.4 Å². The van der Waals surface area contributed by atoms with Gasteiger partial charge in [-0.2, -0.15) is 5.11 Å². The van der Waals surface area contributed by atoms with Crippen LogP contribution in [0.15, 0.2) is 132 Å². The summed E-state index contributed by atoms with van der Waals surface area (Å²) in [6, 6.07) is 41.7. The summed E-state index contributed by atoms with van der Waals surface area (Å²) >= 11 is 0. The van der Waals surface area contributed by atoms with Gasteiger partial charge in [-0.15, -0.1) is 5.11 Å². The Morgan fingerprint density at radius 1 is 0.528 bits per heavy atom. The molecule has 7 rings (SSSR count). The highest BCUT2D eigenvalue weighted by Crippen LogP contribution is 2.38. The molecule has 4 heteroatoms. The zero-order chi connectivity index (χ0) is 24.1. The first kappa shape index (κ1) is 20.4.